The van der Waals surface area contributed by atoms with E-state index >= 15 is 0 Å². The van der Waals surface area contributed by atoms with Crippen molar-refractivity contribution in [2.45, 2.75) is 45.8 Å². The van der Waals surface area contributed by atoms with Crippen LogP contribution in [0.3, 0.4) is 0 Å². The summed E-state index contributed by atoms with van der Waals surface area (Å²) in [7, 11) is 1.54. The Kier molecular flexibility index (Phi) is 4.91. The molecule has 1 unspecified atom stereocenters. The molecule has 1 aromatic rings. The molecule has 1 N–H and O–H groups in total. The average molecular weight is 249 g/mol. The van der Waals surface area contributed by atoms with Crippen LogP contribution in [0, 0.1) is 0 Å². The van der Waals surface area contributed by atoms with Gasteiger partial charge in [-0.25, -0.2) is 0 Å². The van der Waals surface area contributed by atoms with Crippen LogP contribution in [0.1, 0.15) is 44.9 Å². The summed E-state index contributed by atoms with van der Waals surface area (Å²) in [6, 6.07) is 8.30. The number of benzene rings is 1. The van der Waals surface area contributed by atoms with Crippen molar-refractivity contribution in [2.75, 3.05) is 7.11 Å². The zero-order valence-corrected chi connectivity index (χ0v) is 11.9. The van der Waals surface area contributed by atoms with Gasteiger partial charge in [0, 0.05) is 7.11 Å². The van der Waals surface area contributed by atoms with Gasteiger partial charge in [-0.15, -0.1) is 0 Å². The van der Waals surface area contributed by atoms with E-state index in [4.69, 9.17) is 4.74 Å². The lowest BCUT2D eigenvalue weighted by molar-refractivity contribution is -0.140. The maximum Gasteiger partial charge on any atom is 0.252 e. The summed E-state index contributed by atoms with van der Waals surface area (Å²) in [5.74, 6) is -0.0999. The van der Waals surface area contributed by atoms with Crippen molar-refractivity contribution in [1.82, 2.24) is 5.32 Å². The summed E-state index contributed by atoms with van der Waals surface area (Å²) in [5, 5.41) is 2.96. The summed E-state index contributed by atoms with van der Waals surface area (Å²) in [4.78, 5) is 12.0. The van der Waals surface area contributed by atoms with Crippen LogP contribution < -0.4 is 5.32 Å². The first-order valence-electron chi connectivity index (χ1n) is 6.35. The van der Waals surface area contributed by atoms with Gasteiger partial charge in [-0.3, -0.25) is 4.79 Å². The van der Waals surface area contributed by atoms with Gasteiger partial charge >= 0.3 is 0 Å². The normalized spacial score (nSPS) is 13.2. The van der Waals surface area contributed by atoms with Gasteiger partial charge in [-0.1, -0.05) is 31.2 Å². The van der Waals surface area contributed by atoms with E-state index in [9.17, 15) is 4.79 Å². The second-order valence-corrected chi connectivity index (χ2v) is 5.00. The molecule has 0 heterocycles. The number of carbonyl (C=O) groups excluding carboxylic acids is 1. The number of ether oxygens (including phenoxy) is 1. The van der Waals surface area contributed by atoms with Crippen LogP contribution in [0.2, 0.25) is 0 Å². The molecule has 0 radical (unpaired) electrons. The van der Waals surface area contributed by atoms with Crippen LogP contribution in [0.25, 0.3) is 0 Å². The van der Waals surface area contributed by atoms with E-state index in [0.29, 0.717) is 0 Å². The van der Waals surface area contributed by atoms with Crippen LogP contribution in [-0.4, -0.2) is 18.6 Å². The maximum atomic E-state index is 12.0. The minimum atomic E-state index is -0.794. The summed E-state index contributed by atoms with van der Waals surface area (Å²) >= 11 is 0. The highest BCUT2D eigenvalue weighted by Gasteiger charge is 2.28. The Morgan fingerprint density at radius 3 is 2.33 bits per heavy atom. The Labute approximate surface area is 110 Å². The van der Waals surface area contributed by atoms with Crippen molar-refractivity contribution in [3.8, 4) is 0 Å². The van der Waals surface area contributed by atoms with Crippen molar-refractivity contribution >= 4 is 5.91 Å². The van der Waals surface area contributed by atoms with Gasteiger partial charge in [-0.2, -0.15) is 0 Å². The number of rotatable bonds is 5. The van der Waals surface area contributed by atoms with E-state index in [1.165, 1.54) is 5.56 Å². The standard InChI is InChI=1S/C15H23NO2/c1-6-12-7-9-13(10-8-12)11(2)16-14(17)15(3,4)18-5/h7-11H,6H2,1-5H3,(H,16,17). The molecule has 0 saturated heterocycles. The first-order chi connectivity index (χ1) is 8.40. The Bertz CT molecular complexity index is 395. The highest BCUT2D eigenvalue weighted by atomic mass is 16.5. The maximum absolute atomic E-state index is 12.0. The summed E-state index contributed by atoms with van der Waals surface area (Å²) in [6.07, 6.45) is 1.03. The Balaban J connectivity index is 2.70. The van der Waals surface area contributed by atoms with Crippen molar-refractivity contribution in [3.05, 3.63) is 35.4 Å². The first-order valence-corrected chi connectivity index (χ1v) is 6.35. The largest absolute Gasteiger partial charge is 0.369 e. The van der Waals surface area contributed by atoms with Gasteiger partial charge in [-0.05, 0) is 38.3 Å². The van der Waals surface area contributed by atoms with E-state index in [1.54, 1.807) is 21.0 Å². The number of carbonyl (C=O) groups is 1. The summed E-state index contributed by atoms with van der Waals surface area (Å²) in [5.41, 5.74) is 1.61. The molecule has 1 amide bonds. The zero-order chi connectivity index (χ0) is 13.8. The Morgan fingerprint density at radius 2 is 1.89 bits per heavy atom. The third kappa shape index (κ3) is 3.57. The SMILES string of the molecule is CCc1ccc(C(C)NC(=O)C(C)(C)OC)cc1. The van der Waals surface area contributed by atoms with Gasteiger partial charge in [0.2, 0.25) is 0 Å². The van der Waals surface area contributed by atoms with Crippen LogP contribution in [0.4, 0.5) is 0 Å². The number of hydrogen-bond donors (Lipinski definition) is 1. The predicted molar refractivity (Wildman–Crippen MR) is 73.5 cm³/mol. The molecule has 1 atom stereocenters. The number of amides is 1. The molecule has 0 aliphatic carbocycles. The molecule has 0 aromatic heterocycles. The molecule has 3 heteroatoms. The summed E-state index contributed by atoms with van der Waals surface area (Å²) < 4.78 is 5.16. The van der Waals surface area contributed by atoms with Gasteiger partial charge in [0.25, 0.3) is 5.91 Å². The number of aryl methyl sites for hydroxylation is 1. The molecule has 100 valence electrons. The molecule has 0 aliphatic rings. The lowest BCUT2D eigenvalue weighted by Gasteiger charge is -2.24. The van der Waals surface area contributed by atoms with E-state index in [1.807, 2.05) is 6.92 Å². The van der Waals surface area contributed by atoms with Crippen LogP contribution in [0.5, 0.6) is 0 Å². The van der Waals surface area contributed by atoms with Crippen LogP contribution in [0.15, 0.2) is 24.3 Å². The van der Waals surface area contributed by atoms with E-state index in [2.05, 4.69) is 36.5 Å². The molecule has 1 aromatic carbocycles. The number of nitrogens with one attached hydrogen (secondary N) is 1. The first kappa shape index (κ1) is 14.7. The zero-order valence-electron chi connectivity index (χ0n) is 11.9. The fraction of sp³-hybridized carbons (Fsp3) is 0.533. The quantitative estimate of drug-likeness (QED) is 0.871. The highest BCUT2D eigenvalue weighted by Crippen LogP contribution is 2.16. The molecule has 18 heavy (non-hydrogen) atoms. The minimum absolute atomic E-state index is 0.0159. The van der Waals surface area contributed by atoms with Gasteiger partial charge in [0.15, 0.2) is 0 Å². The lowest BCUT2D eigenvalue weighted by Crippen LogP contribution is -2.44. The monoisotopic (exact) mass is 249 g/mol. The van der Waals surface area contributed by atoms with E-state index in [0.717, 1.165) is 12.0 Å². The molecular weight excluding hydrogens is 226 g/mol. The minimum Gasteiger partial charge on any atom is -0.369 e. The third-order valence-corrected chi connectivity index (χ3v) is 3.29. The molecule has 0 aliphatic heterocycles. The molecule has 0 spiro atoms. The molecule has 0 saturated carbocycles. The van der Waals surface area contributed by atoms with Gasteiger partial charge < -0.3 is 10.1 Å². The van der Waals surface area contributed by atoms with Crippen LogP contribution >= 0.6 is 0 Å². The Morgan fingerprint density at radius 1 is 1.33 bits per heavy atom. The molecule has 0 bridgehead atoms. The molecule has 3 nitrogen and oxygen atoms in total. The second-order valence-electron chi connectivity index (χ2n) is 5.00. The van der Waals surface area contributed by atoms with Gasteiger partial charge in [0.05, 0.1) is 6.04 Å². The number of methoxy groups -OCH3 is 1. The lowest BCUT2D eigenvalue weighted by atomic mass is 10.0. The molecule has 1 rings (SSSR count). The fourth-order valence-electron chi connectivity index (χ4n) is 1.59. The van der Waals surface area contributed by atoms with Gasteiger partial charge in [0.1, 0.15) is 5.60 Å². The van der Waals surface area contributed by atoms with E-state index < -0.39 is 5.60 Å². The molecular formula is C15H23NO2. The fourth-order valence-corrected chi connectivity index (χ4v) is 1.59. The predicted octanol–water partition coefficient (Wildman–Crippen LogP) is 2.85. The van der Waals surface area contributed by atoms with Crippen molar-refractivity contribution in [1.29, 1.82) is 0 Å². The third-order valence-electron chi connectivity index (χ3n) is 3.29. The smallest absolute Gasteiger partial charge is 0.252 e. The topological polar surface area (TPSA) is 38.3 Å². The van der Waals surface area contributed by atoms with E-state index in [-0.39, 0.29) is 11.9 Å². The average Bonchev–Trinajstić information content (AvgIpc) is 2.38. The highest BCUT2D eigenvalue weighted by molar-refractivity contribution is 5.84. The van der Waals surface area contributed by atoms with Crippen LogP contribution in [-0.2, 0) is 16.0 Å². The second kappa shape index (κ2) is 6.01. The van der Waals surface area contributed by atoms with Crippen molar-refractivity contribution < 1.29 is 9.53 Å². The Hall–Kier alpha value is -1.35. The number of hydrogen-bond acceptors (Lipinski definition) is 2. The summed E-state index contributed by atoms with van der Waals surface area (Å²) in [6.45, 7) is 7.62. The molecule has 0 fully saturated rings. The van der Waals surface area contributed by atoms with Crippen molar-refractivity contribution in [3.63, 3.8) is 0 Å². The van der Waals surface area contributed by atoms with Crippen molar-refractivity contribution in [2.24, 2.45) is 0 Å².